The van der Waals surface area contributed by atoms with Crippen LogP contribution < -0.4 is 15.7 Å². The van der Waals surface area contributed by atoms with Crippen LogP contribution in [0.2, 0.25) is 0 Å². The molecule has 1 aliphatic carbocycles. The first-order chi connectivity index (χ1) is 19.8. The first-order valence-electron chi connectivity index (χ1n) is 13.4. The molecule has 0 saturated carbocycles. The summed E-state index contributed by atoms with van der Waals surface area (Å²) >= 11 is 0. The molecule has 0 bridgehead atoms. The zero-order chi connectivity index (χ0) is 31.9. The number of aromatic amines is 1. The van der Waals surface area contributed by atoms with Gasteiger partial charge in [0.1, 0.15) is 6.33 Å². The Balaban J connectivity index is 1.66. The summed E-state index contributed by atoms with van der Waals surface area (Å²) in [5.41, 5.74) is -6.29. The van der Waals surface area contributed by atoms with E-state index in [9.17, 15) is 39.6 Å². The molecule has 1 fully saturated rings. The first-order valence-corrected chi connectivity index (χ1v) is 15.3. The Labute approximate surface area is 244 Å². The maximum atomic E-state index is 13.5. The van der Waals surface area contributed by atoms with Gasteiger partial charge in [-0.15, -0.1) is 0 Å². The lowest BCUT2D eigenvalue weighted by Gasteiger charge is -2.55. The van der Waals surface area contributed by atoms with Gasteiger partial charge in [0.25, 0.3) is 0 Å². The molecule has 0 spiro atoms. The fraction of sp³-hybridized carbons (Fsp3) is 0.556. The Hall–Kier alpha value is -2.95. The number of nitrogens with zero attached hydrogens (tertiary/aromatic N) is 2. The van der Waals surface area contributed by atoms with E-state index in [0.29, 0.717) is 25.0 Å². The second-order valence-electron chi connectivity index (χ2n) is 11.5. The highest BCUT2D eigenvalue weighted by atomic mass is 32.2. The van der Waals surface area contributed by atoms with Crippen molar-refractivity contribution >= 4 is 10.0 Å². The van der Waals surface area contributed by atoms with Gasteiger partial charge in [-0.3, -0.25) is 4.57 Å². The van der Waals surface area contributed by atoms with E-state index in [1.165, 1.54) is 17.8 Å². The number of allylic oxidation sites excluding steroid dienone is 3. The van der Waals surface area contributed by atoms with Crippen molar-refractivity contribution in [3.63, 3.8) is 0 Å². The molecule has 1 aromatic heterocycles. The van der Waals surface area contributed by atoms with Crippen LogP contribution in [0.25, 0.3) is 0 Å². The van der Waals surface area contributed by atoms with Crippen LogP contribution in [-0.2, 0) is 32.7 Å². The van der Waals surface area contributed by atoms with E-state index in [4.69, 9.17) is 4.74 Å². The van der Waals surface area contributed by atoms with E-state index in [1.54, 1.807) is 0 Å². The molecule has 238 valence electrons. The molecule has 2 heterocycles. The van der Waals surface area contributed by atoms with Gasteiger partial charge >= 0.3 is 18.0 Å². The van der Waals surface area contributed by atoms with Crippen molar-refractivity contribution in [2.75, 3.05) is 26.0 Å². The first kappa shape index (κ1) is 33.0. The van der Waals surface area contributed by atoms with Crippen molar-refractivity contribution in [2.24, 2.45) is 5.41 Å². The van der Waals surface area contributed by atoms with Crippen molar-refractivity contribution in [3.8, 4) is 0 Å². The Kier molecular flexibility index (Phi) is 8.83. The van der Waals surface area contributed by atoms with E-state index in [0.717, 1.165) is 6.26 Å². The summed E-state index contributed by atoms with van der Waals surface area (Å²) in [4.78, 5) is 12.6. The molecule has 2 aliphatic rings. The van der Waals surface area contributed by atoms with Crippen LogP contribution in [0.1, 0.15) is 55.9 Å². The third-order valence-corrected chi connectivity index (χ3v) is 9.17. The predicted octanol–water partition coefficient (Wildman–Crippen LogP) is 4.28. The third kappa shape index (κ3) is 7.07. The molecule has 2 aromatic rings. The number of rotatable bonds is 9. The van der Waals surface area contributed by atoms with Crippen molar-refractivity contribution in [1.29, 1.82) is 0 Å². The molecule has 1 unspecified atom stereocenters. The normalized spacial score (nSPS) is 27.4. The smallest absolute Gasteiger partial charge is 0.372 e. The maximum Gasteiger partial charge on any atom is 0.416 e. The zero-order valence-electron chi connectivity index (χ0n) is 23.6. The Bertz CT molecular complexity index is 1510. The lowest BCUT2D eigenvalue weighted by molar-refractivity contribution is -0.143. The van der Waals surface area contributed by atoms with Gasteiger partial charge in [-0.2, -0.15) is 31.4 Å². The number of benzene rings is 1. The zero-order valence-corrected chi connectivity index (χ0v) is 24.5. The van der Waals surface area contributed by atoms with Crippen LogP contribution in [0, 0.1) is 5.41 Å². The van der Waals surface area contributed by atoms with Crippen LogP contribution in [0.3, 0.4) is 0 Å². The van der Waals surface area contributed by atoms with E-state index in [1.807, 2.05) is 31.2 Å². The van der Waals surface area contributed by atoms with Crippen LogP contribution in [0.4, 0.5) is 26.3 Å². The van der Waals surface area contributed by atoms with Gasteiger partial charge in [-0.1, -0.05) is 31.2 Å². The Morgan fingerprint density at radius 3 is 2.21 bits per heavy atom. The molecule has 4 atom stereocenters. The summed E-state index contributed by atoms with van der Waals surface area (Å²) in [5, 5.41) is 9.56. The average molecular weight is 638 g/mol. The highest BCUT2D eigenvalue weighted by Crippen LogP contribution is 2.47. The SMILES string of the molecule is C[C@@H](OC[C@@]1(C2(C)C=CC=CC2)CC[C@](CNS(C)(=O)=O)(n2cn[nH]c2=O)CN1)c1cc(C(F)(F)F)cc(C(F)(F)F)c1. The van der Waals surface area contributed by atoms with Crippen molar-refractivity contribution in [1.82, 2.24) is 24.8 Å². The number of nitrogens with one attached hydrogen (secondary N) is 3. The topological polar surface area (TPSA) is 118 Å². The average Bonchev–Trinajstić information content (AvgIpc) is 3.36. The summed E-state index contributed by atoms with van der Waals surface area (Å²) in [6.45, 7) is 3.16. The van der Waals surface area contributed by atoms with Crippen molar-refractivity contribution in [3.05, 3.63) is 76.0 Å². The largest absolute Gasteiger partial charge is 0.416 e. The summed E-state index contributed by atoms with van der Waals surface area (Å²) in [5.74, 6) is 0. The number of piperidine rings is 1. The highest BCUT2D eigenvalue weighted by Gasteiger charge is 2.53. The van der Waals surface area contributed by atoms with E-state index < -0.39 is 61.8 Å². The molecule has 0 radical (unpaired) electrons. The number of aromatic nitrogens is 3. The minimum Gasteiger partial charge on any atom is -0.372 e. The number of ether oxygens (including phenoxy) is 1. The summed E-state index contributed by atoms with van der Waals surface area (Å²) in [7, 11) is -3.64. The quantitative estimate of drug-likeness (QED) is 0.354. The molecule has 4 rings (SSSR count). The monoisotopic (exact) mass is 637 g/mol. The standard InChI is InChI=1S/C27H33F6N5O4S/c1-18(19-11-20(26(28,29)30)13-21(12-19)27(31,32)33)42-16-25(23(2)7-5-4-6-8-23)10-9-24(14-34-25,15-36-43(3,40)41)38-17-35-37-22(38)39/h4-7,11-13,17-18,34,36H,8-10,14-16H2,1-3H3,(H,37,39)/t18-,23?,24+,25-/m1/s1. The van der Waals surface area contributed by atoms with Gasteiger partial charge in [0, 0.05) is 18.5 Å². The number of sulfonamides is 1. The van der Waals surface area contributed by atoms with Crippen molar-refractivity contribution in [2.45, 2.75) is 62.6 Å². The predicted molar refractivity (Wildman–Crippen MR) is 145 cm³/mol. The van der Waals surface area contributed by atoms with Crippen LogP contribution in [-0.4, -0.2) is 54.7 Å². The summed E-state index contributed by atoms with van der Waals surface area (Å²) in [6.07, 6.45) is -0.201. The fourth-order valence-corrected chi connectivity index (χ4v) is 6.22. The van der Waals surface area contributed by atoms with Gasteiger partial charge in [0.05, 0.1) is 41.2 Å². The lowest BCUT2D eigenvalue weighted by atomic mass is 9.62. The molecule has 9 nitrogen and oxygen atoms in total. The Morgan fingerprint density at radius 1 is 1.09 bits per heavy atom. The summed E-state index contributed by atoms with van der Waals surface area (Å²) in [6, 6.07) is 1.38. The maximum absolute atomic E-state index is 13.5. The second-order valence-corrected chi connectivity index (χ2v) is 13.3. The van der Waals surface area contributed by atoms with Crippen LogP contribution in [0.5, 0.6) is 0 Å². The fourth-order valence-electron chi connectivity index (χ4n) is 5.68. The van der Waals surface area contributed by atoms with Gasteiger partial charge in [0.2, 0.25) is 10.0 Å². The Morgan fingerprint density at radius 2 is 1.74 bits per heavy atom. The van der Waals surface area contributed by atoms with Gasteiger partial charge in [-0.25, -0.2) is 23.0 Å². The molecule has 1 aliphatic heterocycles. The molecule has 43 heavy (non-hydrogen) atoms. The lowest BCUT2D eigenvalue weighted by Crippen LogP contribution is -2.69. The van der Waals surface area contributed by atoms with Crippen LogP contribution in [0.15, 0.2) is 53.6 Å². The molecule has 3 N–H and O–H groups in total. The van der Waals surface area contributed by atoms with Gasteiger partial charge in [0.15, 0.2) is 0 Å². The molecular weight excluding hydrogens is 604 g/mol. The second kappa shape index (κ2) is 11.5. The molecule has 1 saturated heterocycles. The highest BCUT2D eigenvalue weighted by molar-refractivity contribution is 7.88. The third-order valence-electron chi connectivity index (χ3n) is 8.51. The number of alkyl halides is 6. The van der Waals surface area contributed by atoms with E-state index in [-0.39, 0.29) is 37.7 Å². The number of halogens is 6. The van der Waals surface area contributed by atoms with Gasteiger partial charge < -0.3 is 10.1 Å². The number of hydrogen-bond acceptors (Lipinski definition) is 6. The van der Waals surface area contributed by atoms with E-state index >= 15 is 0 Å². The summed E-state index contributed by atoms with van der Waals surface area (Å²) < 4.78 is 115. The van der Waals surface area contributed by atoms with Crippen molar-refractivity contribution < 1.29 is 39.5 Å². The molecular formula is C27H33F6N5O4S. The molecule has 16 heteroatoms. The molecule has 0 amide bonds. The minimum absolute atomic E-state index is 0.0711. The van der Waals surface area contributed by atoms with Gasteiger partial charge in [-0.05, 0) is 49.9 Å². The van der Waals surface area contributed by atoms with Crippen LogP contribution >= 0.6 is 0 Å². The van der Waals surface area contributed by atoms with E-state index in [2.05, 4.69) is 20.2 Å². The minimum atomic E-state index is -5.00. The molecule has 1 aromatic carbocycles. The number of H-pyrrole nitrogens is 1. The number of hydrogen-bond donors (Lipinski definition) is 3.